The highest BCUT2D eigenvalue weighted by molar-refractivity contribution is 5.92. The molecule has 0 radical (unpaired) electrons. The molecule has 128 valence electrons. The first kappa shape index (κ1) is 16.8. The molecule has 0 heterocycles. The van der Waals surface area contributed by atoms with Crippen LogP contribution in [0.15, 0.2) is 30.3 Å². The zero-order valence-corrected chi connectivity index (χ0v) is 13.4. The second-order valence-electron chi connectivity index (χ2n) is 6.42. The molecule has 5 heteroatoms. The van der Waals surface area contributed by atoms with Gasteiger partial charge in [-0.3, -0.25) is 4.79 Å². The van der Waals surface area contributed by atoms with Crippen LogP contribution in [0.1, 0.15) is 41.6 Å². The molecule has 1 saturated carbocycles. The van der Waals surface area contributed by atoms with E-state index in [9.17, 15) is 18.0 Å². The predicted molar refractivity (Wildman–Crippen MR) is 86.5 cm³/mol. The smallest absolute Gasteiger partial charge is 0.391 e. The molecule has 0 unspecified atom stereocenters. The van der Waals surface area contributed by atoms with Crippen LogP contribution in [0.4, 0.5) is 13.2 Å². The zero-order chi connectivity index (χ0) is 17.3. The average molecular weight is 336 g/mol. The Bertz CT molecular complexity index is 744. The summed E-state index contributed by atoms with van der Waals surface area (Å²) in [5.41, 5.74) is 1.56. The summed E-state index contributed by atoms with van der Waals surface area (Å²) in [7, 11) is 0. The molecule has 0 atom stereocenters. The highest BCUT2D eigenvalue weighted by Gasteiger charge is 2.41. The molecular weight excluding hydrogens is 317 g/mol. The highest BCUT2D eigenvalue weighted by Crippen LogP contribution is 2.39. The summed E-state index contributed by atoms with van der Waals surface area (Å²) < 4.78 is 44.2. The third-order valence-corrected chi connectivity index (χ3v) is 4.83. The molecule has 0 amide bonds. The third kappa shape index (κ3) is 3.40. The van der Waals surface area contributed by atoms with Gasteiger partial charge in [-0.15, -0.1) is 0 Å². The van der Waals surface area contributed by atoms with Gasteiger partial charge >= 0.3 is 6.18 Å². The van der Waals surface area contributed by atoms with Gasteiger partial charge in [0.1, 0.15) is 12.0 Å². The molecular formula is C19H19F3O2. The van der Waals surface area contributed by atoms with Crippen molar-refractivity contribution in [3.63, 3.8) is 0 Å². The molecule has 2 aromatic carbocycles. The minimum atomic E-state index is -4.10. The molecule has 1 aliphatic carbocycles. The van der Waals surface area contributed by atoms with Gasteiger partial charge < -0.3 is 4.74 Å². The number of fused-ring (bicyclic) bond motifs is 1. The Morgan fingerprint density at radius 1 is 1.08 bits per heavy atom. The van der Waals surface area contributed by atoms with Crippen molar-refractivity contribution in [3.8, 4) is 5.75 Å². The second-order valence-corrected chi connectivity index (χ2v) is 6.42. The van der Waals surface area contributed by atoms with Crippen LogP contribution in [0.25, 0.3) is 10.8 Å². The van der Waals surface area contributed by atoms with E-state index in [2.05, 4.69) is 0 Å². The number of carbonyl (C=O) groups excluding carboxylic acids is 1. The Balaban J connectivity index is 1.74. The van der Waals surface area contributed by atoms with E-state index in [1.54, 1.807) is 6.07 Å². The van der Waals surface area contributed by atoms with Crippen LogP contribution in [0.5, 0.6) is 5.75 Å². The first-order valence-electron chi connectivity index (χ1n) is 8.10. The summed E-state index contributed by atoms with van der Waals surface area (Å²) >= 11 is 0. The van der Waals surface area contributed by atoms with Gasteiger partial charge in [0.15, 0.2) is 0 Å². The van der Waals surface area contributed by atoms with Crippen LogP contribution in [0.3, 0.4) is 0 Å². The van der Waals surface area contributed by atoms with E-state index in [4.69, 9.17) is 4.74 Å². The maximum atomic E-state index is 12.7. The quantitative estimate of drug-likeness (QED) is 0.696. The van der Waals surface area contributed by atoms with Gasteiger partial charge in [0, 0.05) is 5.56 Å². The third-order valence-electron chi connectivity index (χ3n) is 4.83. The van der Waals surface area contributed by atoms with Gasteiger partial charge in [-0.25, -0.2) is 0 Å². The number of ether oxygens (including phenoxy) is 1. The van der Waals surface area contributed by atoms with Gasteiger partial charge in [-0.05, 0) is 61.1 Å². The molecule has 1 aliphatic rings. The minimum absolute atomic E-state index is 0.128. The molecule has 1 fully saturated rings. The molecule has 2 nitrogen and oxygen atoms in total. The number of hydrogen-bond donors (Lipinski definition) is 0. The van der Waals surface area contributed by atoms with E-state index in [-0.39, 0.29) is 18.9 Å². The number of hydrogen-bond acceptors (Lipinski definition) is 2. The molecule has 2 aromatic rings. The van der Waals surface area contributed by atoms with Crippen LogP contribution in [0.2, 0.25) is 0 Å². The number of alkyl halides is 3. The van der Waals surface area contributed by atoms with E-state index in [1.807, 2.05) is 31.2 Å². The lowest BCUT2D eigenvalue weighted by Crippen LogP contribution is -2.31. The van der Waals surface area contributed by atoms with Gasteiger partial charge in [-0.2, -0.15) is 13.2 Å². The number of carbonyl (C=O) groups is 1. The van der Waals surface area contributed by atoms with Gasteiger partial charge in [0.2, 0.25) is 0 Å². The van der Waals surface area contributed by atoms with Crippen molar-refractivity contribution in [2.75, 3.05) is 0 Å². The van der Waals surface area contributed by atoms with Crippen molar-refractivity contribution in [1.82, 2.24) is 0 Å². The van der Waals surface area contributed by atoms with Crippen molar-refractivity contribution in [3.05, 3.63) is 41.5 Å². The Hall–Kier alpha value is -2.04. The fraction of sp³-hybridized carbons (Fsp3) is 0.421. The summed E-state index contributed by atoms with van der Waals surface area (Å²) in [5.74, 6) is -0.492. The number of aryl methyl sites for hydroxylation is 1. The van der Waals surface area contributed by atoms with Crippen molar-refractivity contribution in [2.45, 2.75) is 44.9 Å². The highest BCUT2D eigenvalue weighted by atomic mass is 19.4. The van der Waals surface area contributed by atoms with Crippen molar-refractivity contribution in [1.29, 1.82) is 0 Å². The van der Waals surface area contributed by atoms with E-state index in [0.717, 1.165) is 22.6 Å². The lowest BCUT2D eigenvalue weighted by atomic mass is 9.87. The van der Waals surface area contributed by atoms with Crippen molar-refractivity contribution >= 4 is 17.1 Å². The Morgan fingerprint density at radius 2 is 1.79 bits per heavy atom. The van der Waals surface area contributed by atoms with Crippen LogP contribution < -0.4 is 4.74 Å². The fourth-order valence-corrected chi connectivity index (χ4v) is 3.37. The number of aldehydes is 1. The maximum absolute atomic E-state index is 12.7. The van der Waals surface area contributed by atoms with E-state index < -0.39 is 12.1 Å². The van der Waals surface area contributed by atoms with Crippen molar-refractivity contribution in [2.24, 2.45) is 5.92 Å². The van der Waals surface area contributed by atoms with E-state index in [0.29, 0.717) is 24.2 Å². The largest absolute Gasteiger partial charge is 0.490 e. The van der Waals surface area contributed by atoms with E-state index >= 15 is 0 Å². The van der Waals surface area contributed by atoms with E-state index in [1.165, 1.54) is 0 Å². The monoisotopic (exact) mass is 336 g/mol. The summed E-state index contributed by atoms with van der Waals surface area (Å²) in [6, 6.07) is 9.16. The zero-order valence-electron chi connectivity index (χ0n) is 13.4. The Kier molecular flexibility index (Phi) is 4.52. The maximum Gasteiger partial charge on any atom is 0.391 e. The lowest BCUT2D eigenvalue weighted by molar-refractivity contribution is -0.185. The molecule has 0 aromatic heterocycles. The molecule has 0 N–H and O–H groups in total. The Labute approximate surface area is 138 Å². The molecule has 3 rings (SSSR count). The summed E-state index contributed by atoms with van der Waals surface area (Å²) in [6.07, 6.45) is -2.36. The molecule has 24 heavy (non-hydrogen) atoms. The Morgan fingerprint density at radius 3 is 2.42 bits per heavy atom. The number of rotatable bonds is 3. The van der Waals surface area contributed by atoms with Crippen LogP contribution in [0, 0.1) is 12.8 Å². The predicted octanol–water partition coefficient (Wildman–Crippen LogP) is 5.46. The lowest BCUT2D eigenvalue weighted by Gasteiger charge is -2.30. The van der Waals surface area contributed by atoms with Gasteiger partial charge in [-0.1, -0.05) is 18.2 Å². The SMILES string of the molecule is Cc1c(OC2CCC(C(F)(F)F)CC2)ccc2cc(C=O)ccc12. The molecule has 0 aliphatic heterocycles. The standard InChI is InChI=1S/C19H19F3O2/c1-12-17-8-2-13(11-23)10-14(17)3-9-18(12)24-16-6-4-15(5-7-16)19(20,21)22/h2-3,8-11,15-16H,4-7H2,1H3. The first-order chi connectivity index (χ1) is 11.4. The van der Waals surface area contributed by atoms with Crippen molar-refractivity contribution < 1.29 is 22.7 Å². The second kappa shape index (κ2) is 6.46. The van der Waals surface area contributed by atoms with Crippen LogP contribution in [-0.4, -0.2) is 18.6 Å². The topological polar surface area (TPSA) is 26.3 Å². The number of halogens is 3. The summed E-state index contributed by atoms with van der Waals surface area (Å²) in [5, 5.41) is 1.94. The molecule has 0 saturated heterocycles. The fourth-order valence-electron chi connectivity index (χ4n) is 3.37. The normalized spacial score (nSPS) is 21.7. The number of benzene rings is 2. The summed E-state index contributed by atoms with van der Waals surface area (Å²) in [4.78, 5) is 10.9. The minimum Gasteiger partial charge on any atom is -0.490 e. The van der Waals surface area contributed by atoms with Crippen LogP contribution in [-0.2, 0) is 0 Å². The van der Waals surface area contributed by atoms with Crippen LogP contribution >= 0.6 is 0 Å². The average Bonchev–Trinajstić information content (AvgIpc) is 2.57. The molecule has 0 bridgehead atoms. The molecule has 0 spiro atoms. The summed E-state index contributed by atoms with van der Waals surface area (Å²) in [6.45, 7) is 1.93. The van der Waals surface area contributed by atoms with Gasteiger partial charge in [0.25, 0.3) is 0 Å². The van der Waals surface area contributed by atoms with Gasteiger partial charge in [0.05, 0.1) is 12.0 Å². The first-order valence-corrected chi connectivity index (χ1v) is 8.10.